The molecule has 0 fully saturated rings. The number of hydrogen-bond donors (Lipinski definition) is 2. The van der Waals surface area contributed by atoms with Crippen LogP contribution in [0.3, 0.4) is 0 Å². The molecule has 3 N–H and O–H groups in total. The van der Waals surface area contributed by atoms with Gasteiger partial charge in [-0.1, -0.05) is 13.8 Å². The number of carbonyl (C=O) groups excluding carboxylic acids is 1. The quantitative estimate of drug-likeness (QED) is 0.720. The van der Waals surface area contributed by atoms with E-state index in [0.29, 0.717) is 6.42 Å². The van der Waals surface area contributed by atoms with E-state index in [0.717, 1.165) is 6.26 Å². The first-order valence-electron chi connectivity index (χ1n) is 3.99. The van der Waals surface area contributed by atoms with Crippen LogP contribution in [0.5, 0.6) is 0 Å². The fourth-order valence-electron chi connectivity index (χ4n) is 0.873. The Hall–Kier alpha value is -0.330. The minimum Gasteiger partial charge on any atom is -0.320 e. The minimum absolute atomic E-state index is 0. The SMILES string of the molecule is CC(C)C[C@H](N)C(=O)NS(C)(=O)=O.Cl. The van der Waals surface area contributed by atoms with Crippen LogP contribution in [0.15, 0.2) is 0 Å². The fraction of sp³-hybridized carbons (Fsp3) is 0.857. The zero-order valence-corrected chi connectivity index (χ0v) is 10.1. The zero-order chi connectivity index (χ0) is 10.6. The van der Waals surface area contributed by atoms with Crippen LogP contribution in [0, 0.1) is 5.92 Å². The lowest BCUT2D eigenvalue weighted by Crippen LogP contribution is -2.43. The highest BCUT2D eigenvalue weighted by Crippen LogP contribution is 2.02. The maximum Gasteiger partial charge on any atom is 0.250 e. The van der Waals surface area contributed by atoms with Gasteiger partial charge in [0.1, 0.15) is 0 Å². The first kappa shape index (κ1) is 16.1. The Kier molecular flexibility index (Phi) is 7.15. The van der Waals surface area contributed by atoms with Crippen molar-refractivity contribution in [3.05, 3.63) is 0 Å². The molecule has 0 spiro atoms. The second-order valence-electron chi connectivity index (χ2n) is 3.47. The molecule has 1 atom stereocenters. The third kappa shape index (κ3) is 8.28. The first-order chi connectivity index (χ1) is 5.72. The van der Waals surface area contributed by atoms with Crippen molar-refractivity contribution in [2.75, 3.05) is 6.26 Å². The van der Waals surface area contributed by atoms with Crippen molar-refractivity contribution in [1.82, 2.24) is 4.72 Å². The van der Waals surface area contributed by atoms with Crippen LogP contribution in [0.1, 0.15) is 20.3 Å². The maximum atomic E-state index is 11.1. The summed E-state index contributed by atoms with van der Waals surface area (Å²) in [5, 5.41) is 0. The van der Waals surface area contributed by atoms with Crippen LogP contribution in [-0.2, 0) is 14.8 Å². The molecular weight excluding hydrogens is 228 g/mol. The Morgan fingerprint density at radius 2 is 1.86 bits per heavy atom. The topological polar surface area (TPSA) is 89.3 Å². The van der Waals surface area contributed by atoms with Crippen molar-refractivity contribution in [3.8, 4) is 0 Å². The molecule has 0 aliphatic heterocycles. The summed E-state index contributed by atoms with van der Waals surface area (Å²) in [5.74, 6) is -0.378. The average Bonchev–Trinajstić information content (AvgIpc) is 1.81. The zero-order valence-electron chi connectivity index (χ0n) is 8.48. The van der Waals surface area contributed by atoms with Gasteiger partial charge in [0.05, 0.1) is 12.3 Å². The molecule has 0 aromatic rings. The second kappa shape index (κ2) is 6.21. The van der Waals surface area contributed by atoms with Crippen LogP contribution < -0.4 is 10.5 Å². The number of carbonyl (C=O) groups is 1. The Balaban J connectivity index is 0. The molecule has 0 heterocycles. The summed E-state index contributed by atoms with van der Waals surface area (Å²) in [6.45, 7) is 3.82. The molecule has 5 nitrogen and oxygen atoms in total. The summed E-state index contributed by atoms with van der Waals surface area (Å²) in [5.41, 5.74) is 5.45. The van der Waals surface area contributed by atoms with Gasteiger partial charge in [0, 0.05) is 0 Å². The summed E-state index contributed by atoms with van der Waals surface area (Å²) in [4.78, 5) is 11.1. The predicted octanol–water partition coefficient (Wildman–Crippen LogP) is -0.143. The molecule has 0 aliphatic carbocycles. The van der Waals surface area contributed by atoms with Gasteiger partial charge in [-0.3, -0.25) is 9.52 Å². The molecule has 0 aromatic carbocycles. The van der Waals surface area contributed by atoms with Gasteiger partial charge < -0.3 is 5.73 Å². The van der Waals surface area contributed by atoms with E-state index >= 15 is 0 Å². The number of hydrogen-bond acceptors (Lipinski definition) is 4. The molecule has 7 heteroatoms. The third-order valence-corrected chi connectivity index (χ3v) is 1.92. The fourth-order valence-corrected chi connectivity index (χ4v) is 1.39. The van der Waals surface area contributed by atoms with Crippen molar-refractivity contribution in [2.45, 2.75) is 26.3 Å². The number of rotatable bonds is 4. The van der Waals surface area contributed by atoms with E-state index in [2.05, 4.69) is 0 Å². The molecular formula is C7H17ClN2O3S. The van der Waals surface area contributed by atoms with E-state index in [1.54, 1.807) is 0 Å². The molecule has 1 amide bonds. The predicted molar refractivity (Wildman–Crippen MR) is 57.7 cm³/mol. The lowest BCUT2D eigenvalue weighted by molar-refractivity contribution is -0.120. The number of halogens is 1. The number of sulfonamides is 1. The van der Waals surface area contributed by atoms with E-state index in [1.807, 2.05) is 18.6 Å². The monoisotopic (exact) mass is 244 g/mol. The van der Waals surface area contributed by atoms with E-state index in [4.69, 9.17) is 5.73 Å². The van der Waals surface area contributed by atoms with Crippen LogP contribution in [0.25, 0.3) is 0 Å². The molecule has 0 aliphatic rings. The van der Waals surface area contributed by atoms with Gasteiger partial charge in [-0.15, -0.1) is 12.4 Å². The molecule has 0 aromatic heterocycles. The Morgan fingerprint density at radius 1 is 1.43 bits per heavy atom. The van der Waals surface area contributed by atoms with Crippen LogP contribution in [0.2, 0.25) is 0 Å². The number of amides is 1. The smallest absolute Gasteiger partial charge is 0.250 e. The molecule has 0 saturated carbocycles. The molecule has 0 bridgehead atoms. The molecule has 0 radical (unpaired) electrons. The standard InChI is InChI=1S/C7H16N2O3S.ClH/c1-5(2)4-6(8)7(10)9-13(3,11)12;/h5-6H,4,8H2,1-3H3,(H,9,10);1H/t6-;/m0./s1. The summed E-state index contributed by atoms with van der Waals surface area (Å²) in [7, 11) is -3.48. The lowest BCUT2D eigenvalue weighted by Gasteiger charge is -2.12. The van der Waals surface area contributed by atoms with Crippen molar-refractivity contribution >= 4 is 28.3 Å². The highest BCUT2D eigenvalue weighted by Gasteiger charge is 2.17. The van der Waals surface area contributed by atoms with Crippen molar-refractivity contribution < 1.29 is 13.2 Å². The molecule has 0 unspecified atom stereocenters. The molecule has 0 rings (SSSR count). The van der Waals surface area contributed by atoms with Gasteiger partial charge in [0.2, 0.25) is 15.9 Å². The second-order valence-corrected chi connectivity index (χ2v) is 5.22. The first-order valence-corrected chi connectivity index (χ1v) is 5.88. The van der Waals surface area contributed by atoms with Gasteiger partial charge in [0.25, 0.3) is 0 Å². The van der Waals surface area contributed by atoms with Crippen molar-refractivity contribution in [2.24, 2.45) is 11.7 Å². The van der Waals surface area contributed by atoms with Crippen LogP contribution in [0.4, 0.5) is 0 Å². The molecule has 14 heavy (non-hydrogen) atoms. The van der Waals surface area contributed by atoms with E-state index < -0.39 is 22.0 Å². The van der Waals surface area contributed by atoms with Crippen LogP contribution in [-0.4, -0.2) is 26.6 Å². The summed E-state index contributed by atoms with van der Waals surface area (Å²) in [6, 6.07) is -0.755. The summed E-state index contributed by atoms with van der Waals surface area (Å²) >= 11 is 0. The van der Waals surface area contributed by atoms with E-state index in [-0.39, 0.29) is 18.3 Å². The highest BCUT2D eigenvalue weighted by atomic mass is 35.5. The molecule has 0 saturated heterocycles. The highest BCUT2D eigenvalue weighted by molar-refractivity contribution is 7.89. The largest absolute Gasteiger partial charge is 0.320 e. The van der Waals surface area contributed by atoms with Gasteiger partial charge in [0.15, 0.2) is 0 Å². The minimum atomic E-state index is -3.48. The van der Waals surface area contributed by atoms with Crippen molar-refractivity contribution in [1.29, 1.82) is 0 Å². The van der Waals surface area contributed by atoms with Crippen molar-refractivity contribution in [3.63, 3.8) is 0 Å². The Morgan fingerprint density at radius 3 is 2.14 bits per heavy atom. The van der Waals surface area contributed by atoms with Gasteiger partial charge in [-0.05, 0) is 12.3 Å². The van der Waals surface area contributed by atoms with Gasteiger partial charge >= 0.3 is 0 Å². The average molecular weight is 245 g/mol. The number of nitrogens with two attached hydrogens (primary N) is 1. The number of nitrogens with one attached hydrogen (secondary N) is 1. The van der Waals surface area contributed by atoms with Gasteiger partial charge in [-0.25, -0.2) is 8.42 Å². The van der Waals surface area contributed by atoms with Gasteiger partial charge in [-0.2, -0.15) is 0 Å². The summed E-state index contributed by atoms with van der Waals surface area (Å²) < 4.78 is 23.1. The summed E-state index contributed by atoms with van der Waals surface area (Å²) in [6.07, 6.45) is 1.40. The molecule has 86 valence electrons. The normalized spacial score (nSPS) is 13.2. The lowest BCUT2D eigenvalue weighted by atomic mass is 10.0. The van der Waals surface area contributed by atoms with Crippen LogP contribution >= 0.6 is 12.4 Å². The van der Waals surface area contributed by atoms with E-state index in [9.17, 15) is 13.2 Å². The Bertz CT molecular complexity index is 277. The maximum absolute atomic E-state index is 11.1. The third-order valence-electron chi connectivity index (χ3n) is 1.35. The Labute approximate surface area is 90.9 Å². The van der Waals surface area contributed by atoms with E-state index in [1.165, 1.54) is 0 Å².